The SMILES string of the molecule is O=C(/C=C/C(=O)OC(CNC1CCc2ccc(O)cc2C1)c1cccc(Cl)c1)OC(CNC1CCc2ccc(O)cc2C1)c1cccc(Cl)c1. The van der Waals surface area contributed by atoms with Crippen LogP contribution in [-0.2, 0) is 44.7 Å². The van der Waals surface area contributed by atoms with Crippen molar-refractivity contribution in [3.05, 3.63) is 141 Å². The molecule has 0 aromatic heterocycles. The van der Waals surface area contributed by atoms with Gasteiger partial charge in [0, 0.05) is 47.4 Å². The maximum atomic E-state index is 13.1. The van der Waals surface area contributed by atoms with Crippen molar-refractivity contribution in [1.29, 1.82) is 0 Å². The average Bonchev–Trinajstić information content (AvgIpc) is 3.10. The van der Waals surface area contributed by atoms with E-state index in [0.717, 1.165) is 72.9 Å². The van der Waals surface area contributed by atoms with Crippen molar-refractivity contribution < 1.29 is 29.3 Å². The maximum absolute atomic E-state index is 13.1. The van der Waals surface area contributed by atoms with Crippen LogP contribution < -0.4 is 10.6 Å². The first-order chi connectivity index (χ1) is 24.2. The Hall–Kier alpha value is -4.34. The molecule has 6 rings (SSSR count). The summed E-state index contributed by atoms with van der Waals surface area (Å²) in [5.74, 6) is -0.913. The molecule has 0 saturated carbocycles. The van der Waals surface area contributed by atoms with Crippen molar-refractivity contribution in [3.63, 3.8) is 0 Å². The fourth-order valence-corrected chi connectivity index (χ4v) is 7.14. The molecule has 0 fully saturated rings. The van der Waals surface area contributed by atoms with Crippen molar-refractivity contribution in [2.45, 2.75) is 62.8 Å². The molecule has 4 unspecified atom stereocenters. The van der Waals surface area contributed by atoms with E-state index in [0.29, 0.717) is 23.1 Å². The van der Waals surface area contributed by atoms with E-state index in [-0.39, 0.29) is 23.6 Å². The van der Waals surface area contributed by atoms with Gasteiger partial charge in [0.2, 0.25) is 0 Å². The molecular weight excluding hydrogens is 675 g/mol. The number of carbonyl (C=O) groups is 2. The molecule has 50 heavy (non-hydrogen) atoms. The predicted molar refractivity (Wildman–Crippen MR) is 194 cm³/mol. The summed E-state index contributed by atoms with van der Waals surface area (Å²) in [6.45, 7) is 0.661. The van der Waals surface area contributed by atoms with E-state index in [2.05, 4.69) is 10.6 Å². The number of hydrogen-bond donors (Lipinski definition) is 4. The number of fused-ring (bicyclic) bond motifs is 2. The highest BCUT2D eigenvalue weighted by atomic mass is 35.5. The molecule has 260 valence electrons. The molecule has 10 heteroatoms. The number of phenolic OH excluding ortho intramolecular Hbond substituents is 2. The fourth-order valence-electron chi connectivity index (χ4n) is 6.75. The van der Waals surface area contributed by atoms with Gasteiger partial charge in [0.15, 0.2) is 0 Å². The number of ether oxygens (including phenoxy) is 2. The van der Waals surface area contributed by atoms with Crippen LogP contribution >= 0.6 is 23.2 Å². The Morgan fingerprint density at radius 1 is 0.660 bits per heavy atom. The highest BCUT2D eigenvalue weighted by Crippen LogP contribution is 2.28. The predicted octanol–water partition coefficient (Wildman–Crippen LogP) is 7.12. The van der Waals surface area contributed by atoms with Crippen LogP contribution in [-0.4, -0.2) is 47.3 Å². The zero-order valence-corrected chi connectivity index (χ0v) is 29.0. The highest BCUT2D eigenvalue weighted by molar-refractivity contribution is 6.30. The molecule has 0 saturated heterocycles. The van der Waals surface area contributed by atoms with Crippen LogP contribution in [0, 0.1) is 0 Å². The van der Waals surface area contributed by atoms with Crippen LogP contribution in [0.2, 0.25) is 10.0 Å². The number of aryl methyl sites for hydroxylation is 2. The molecule has 0 amide bonds. The lowest BCUT2D eigenvalue weighted by Gasteiger charge is -2.28. The minimum atomic E-state index is -0.700. The normalized spacial score (nSPS) is 18.1. The van der Waals surface area contributed by atoms with E-state index < -0.39 is 24.1 Å². The van der Waals surface area contributed by atoms with Gasteiger partial charge in [-0.15, -0.1) is 0 Å². The minimum absolute atomic E-state index is 0.128. The summed E-state index contributed by atoms with van der Waals surface area (Å²) >= 11 is 12.6. The van der Waals surface area contributed by atoms with Gasteiger partial charge in [-0.05, 0) is 120 Å². The van der Waals surface area contributed by atoms with Crippen LogP contribution in [0.4, 0.5) is 0 Å². The number of carbonyl (C=O) groups excluding carboxylic acids is 2. The van der Waals surface area contributed by atoms with Crippen LogP contribution in [0.15, 0.2) is 97.1 Å². The number of rotatable bonds is 12. The molecule has 0 heterocycles. The number of esters is 2. The zero-order valence-electron chi connectivity index (χ0n) is 27.5. The summed E-state index contributed by atoms with van der Waals surface area (Å²) in [6, 6.07) is 25.5. The zero-order chi connectivity index (χ0) is 35.0. The van der Waals surface area contributed by atoms with Crippen LogP contribution in [0.1, 0.15) is 58.4 Å². The molecule has 4 atom stereocenters. The number of nitrogens with one attached hydrogen (secondary N) is 2. The molecule has 4 aromatic carbocycles. The lowest BCUT2D eigenvalue weighted by atomic mass is 9.88. The lowest BCUT2D eigenvalue weighted by Crippen LogP contribution is -2.38. The molecule has 8 nitrogen and oxygen atoms in total. The Labute approximate surface area is 302 Å². The molecule has 0 spiro atoms. The van der Waals surface area contributed by atoms with Gasteiger partial charge in [0.1, 0.15) is 23.7 Å². The quantitative estimate of drug-likeness (QED) is 0.0906. The Kier molecular flexibility index (Phi) is 11.8. The standard InChI is InChI=1S/C40H40Cl2N2O6/c41-31-5-1-3-27(17-31)37(23-43-33-11-7-25-9-13-35(45)21-29(25)19-33)49-39(47)15-16-40(48)50-38(28-4-2-6-32(42)18-28)24-44-34-12-8-26-10-14-36(46)22-30(26)20-34/h1-6,9-10,13-18,21-22,33-34,37-38,43-46H,7-8,11-12,19-20,23-24H2/b16-15+. The van der Waals surface area contributed by atoms with E-state index in [9.17, 15) is 19.8 Å². The highest BCUT2D eigenvalue weighted by Gasteiger charge is 2.24. The molecule has 0 bridgehead atoms. The maximum Gasteiger partial charge on any atom is 0.331 e. The van der Waals surface area contributed by atoms with Crippen LogP contribution in [0.25, 0.3) is 0 Å². The van der Waals surface area contributed by atoms with Crippen LogP contribution in [0.3, 0.4) is 0 Å². The van der Waals surface area contributed by atoms with Gasteiger partial charge in [0.25, 0.3) is 0 Å². The number of benzene rings is 4. The largest absolute Gasteiger partial charge is 0.508 e. The summed E-state index contributed by atoms with van der Waals surface area (Å²) in [7, 11) is 0. The second-order valence-electron chi connectivity index (χ2n) is 12.9. The Morgan fingerprint density at radius 2 is 1.10 bits per heavy atom. The van der Waals surface area contributed by atoms with Gasteiger partial charge in [-0.25, -0.2) is 9.59 Å². The third-order valence-corrected chi connectivity index (χ3v) is 9.80. The van der Waals surface area contributed by atoms with Crippen molar-refractivity contribution in [2.75, 3.05) is 13.1 Å². The minimum Gasteiger partial charge on any atom is -0.508 e. The van der Waals surface area contributed by atoms with Gasteiger partial charge in [0.05, 0.1) is 0 Å². The third kappa shape index (κ3) is 9.67. The monoisotopic (exact) mass is 714 g/mol. The first kappa shape index (κ1) is 35.5. The number of aromatic hydroxyl groups is 2. The number of hydrogen-bond acceptors (Lipinski definition) is 8. The van der Waals surface area contributed by atoms with Gasteiger partial charge in [-0.2, -0.15) is 0 Å². The second-order valence-corrected chi connectivity index (χ2v) is 13.8. The summed E-state index contributed by atoms with van der Waals surface area (Å²) < 4.78 is 11.7. The number of phenols is 2. The van der Waals surface area contributed by atoms with Crippen molar-refractivity contribution >= 4 is 35.1 Å². The smallest absolute Gasteiger partial charge is 0.331 e. The van der Waals surface area contributed by atoms with Gasteiger partial charge in [-0.1, -0.05) is 59.6 Å². The molecule has 2 aliphatic rings. The summed E-state index contributed by atoms with van der Waals surface area (Å²) in [4.78, 5) is 26.1. The van der Waals surface area contributed by atoms with Crippen molar-refractivity contribution in [2.24, 2.45) is 0 Å². The van der Waals surface area contributed by atoms with Gasteiger partial charge < -0.3 is 30.3 Å². The van der Waals surface area contributed by atoms with Gasteiger partial charge >= 0.3 is 11.9 Å². The summed E-state index contributed by atoms with van der Waals surface area (Å²) in [5.41, 5.74) is 6.09. The summed E-state index contributed by atoms with van der Waals surface area (Å²) in [5, 5.41) is 28.0. The molecule has 0 radical (unpaired) electrons. The number of halogens is 2. The third-order valence-electron chi connectivity index (χ3n) is 9.33. The lowest BCUT2D eigenvalue weighted by molar-refractivity contribution is -0.146. The van der Waals surface area contributed by atoms with E-state index >= 15 is 0 Å². The molecule has 2 aliphatic carbocycles. The molecule has 0 aliphatic heterocycles. The van der Waals surface area contributed by atoms with Crippen molar-refractivity contribution in [1.82, 2.24) is 10.6 Å². The van der Waals surface area contributed by atoms with E-state index in [4.69, 9.17) is 32.7 Å². The average molecular weight is 716 g/mol. The van der Waals surface area contributed by atoms with Crippen molar-refractivity contribution in [3.8, 4) is 11.5 Å². The second kappa shape index (κ2) is 16.6. The molecular formula is C40H40Cl2N2O6. The van der Waals surface area contributed by atoms with Crippen LogP contribution in [0.5, 0.6) is 11.5 Å². The first-order valence-corrected chi connectivity index (χ1v) is 17.6. The Bertz CT molecular complexity index is 1730. The Balaban J connectivity index is 1.08. The van der Waals surface area contributed by atoms with E-state index in [1.54, 1.807) is 60.7 Å². The van der Waals surface area contributed by atoms with Gasteiger partial charge in [-0.3, -0.25) is 0 Å². The molecule has 4 aromatic rings. The topological polar surface area (TPSA) is 117 Å². The summed E-state index contributed by atoms with van der Waals surface area (Å²) in [6.07, 6.45) is 5.86. The first-order valence-electron chi connectivity index (χ1n) is 16.9. The Morgan fingerprint density at radius 3 is 1.52 bits per heavy atom. The van der Waals surface area contributed by atoms with E-state index in [1.165, 1.54) is 11.1 Å². The fraction of sp³-hybridized carbons (Fsp3) is 0.300. The molecule has 4 N–H and O–H groups in total. The van der Waals surface area contributed by atoms with E-state index in [1.807, 2.05) is 24.3 Å².